The number of para-hydroxylation sites is 1. The van der Waals surface area contributed by atoms with Crippen LogP contribution in [0.1, 0.15) is 15.9 Å². The summed E-state index contributed by atoms with van der Waals surface area (Å²) in [6, 6.07) is 14.6. The van der Waals surface area contributed by atoms with Gasteiger partial charge in [0.15, 0.2) is 0 Å². The van der Waals surface area contributed by atoms with Gasteiger partial charge in [-0.05, 0) is 30.3 Å². The molecule has 106 valence electrons. The molecule has 0 saturated heterocycles. The first-order valence-corrected chi connectivity index (χ1v) is 6.74. The topological polar surface area (TPSA) is 56.3 Å². The van der Waals surface area contributed by atoms with Crippen molar-refractivity contribution in [1.82, 2.24) is 9.88 Å². The third-order valence-electron chi connectivity index (χ3n) is 3.55. The SMILES string of the molecule is CN(Cc1ccccc1O)C(=O)c1ccc2[nH]ccc2c1. The van der Waals surface area contributed by atoms with Gasteiger partial charge in [-0.15, -0.1) is 0 Å². The van der Waals surface area contributed by atoms with Gasteiger partial charge < -0.3 is 15.0 Å². The number of benzene rings is 2. The summed E-state index contributed by atoms with van der Waals surface area (Å²) in [5, 5.41) is 10.8. The van der Waals surface area contributed by atoms with Crippen molar-refractivity contribution in [2.24, 2.45) is 0 Å². The van der Waals surface area contributed by atoms with Gasteiger partial charge in [0, 0.05) is 41.8 Å². The molecule has 4 heteroatoms. The first-order valence-electron chi connectivity index (χ1n) is 6.74. The Balaban J connectivity index is 1.82. The second kappa shape index (κ2) is 5.32. The molecule has 3 aromatic rings. The minimum Gasteiger partial charge on any atom is -0.508 e. The van der Waals surface area contributed by atoms with E-state index in [0.29, 0.717) is 12.1 Å². The van der Waals surface area contributed by atoms with Crippen LogP contribution in [0.3, 0.4) is 0 Å². The molecular formula is C17H16N2O2. The summed E-state index contributed by atoms with van der Waals surface area (Å²) in [7, 11) is 1.73. The molecule has 4 nitrogen and oxygen atoms in total. The highest BCUT2D eigenvalue weighted by molar-refractivity contribution is 5.97. The fourth-order valence-electron chi connectivity index (χ4n) is 2.38. The van der Waals surface area contributed by atoms with Gasteiger partial charge in [-0.3, -0.25) is 4.79 Å². The molecular weight excluding hydrogens is 264 g/mol. The van der Waals surface area contributed by atoms with Crippen LogP contribution in [0.15, 0.2) is 54.7 Å². The summed E-state index contributed by atoms with van der Waals surface area (Å²) in [5.74, 6) is 0.139. The highest BCUT2D eigenvalue weighted by Crippen LogP contribution is 2.19. The van der Waals surface area contributed by atoms with Gasteiger partial charge in [0.2, 0.25) is 0 Å². The number of nitrogens with zero attached hydrogens (tertiary/aromatic N) is 1. The van der Waals surface area contributed by atoms with Crippen LogP contribution < -0.4 is 0 Å². The van der Waals surface area contributed by atoms with Gasteiger partial charge in [0.1, 0.15) is 5.75 Å². The van der Waals surface area contributed by atoms with E-state index < -0.39 is 0 Å². The van der Waals surface area contributed by atoms with Crippen LogP contribution in [-0.4, -0.2) is 27.9 Å². The quantitative estimate of drug-likeness (QED) is 0.774. The maximum Gasteiger partial charge on any atom is 0.253 e. The smallest absolute Gasteiger partial charge is 0.253 e. The standard InChI is InChI=1S/C17H16N2O2/c1-19(11-14-4-2-3-5-16(14)20)17(21)13-6-7-15-12(10-13)8-9-18-15/h2-10,18,20H,11H2,1H3. The Hall–Kier alpha value is -2.75. The van der Waals surface area contributed by atoms with Crippen molar-refractivity contribution in [3.8, 4) is 5.75 Å². The third kappa shape index (κ3) is 2.60. The molecule has 0 aliphatic heterocycles. The van der Waals surface area contributed by atoms with E-state index in [-0.39, 0.29) is 11.7 Å². The van der Waals surface area contributed by atoms with E-state index in [4.69, 9.17) is 0 Å². The zero-order valence-corrected chi connectivity index (χ0v) is 11.7. The van der Waals surface area contributed by atoms with Crippen molar-refractivity contribution < 1.29 is 9.90 Å². The van der Waals surface area contributed by atoms with Gasteiger partial charge in [-0.2, -0.15) is 0 Å². The fraction of sp³-hybridized carbons (Fsp3) is 0.118. The molecule has 0 aliphatic rings. The predicted molar refractivity (Wildman–Crippen MR) is 82.2 cm³/mol. The average Bonchev–Trinajstić information content (AvgIpc) is 2.96. The molecule has 0 radical (unpaired) electrons. The van der Waals surface area contributed by atoms with Crippen molar-refractivity contribution in [1.29, 1.82) is 0 Å². The minimum atomic E-state index is -0.0682. The highest BCUT2D eigenvalue weighted by Gasteiger charge is 2.14. The summed E-state index contributed by atoms with van der Waals surface area (Å²) in [6.07, 6.45) is 1.85. The number of H-pyrrole nitrogens is 1. The summed E-state index contributed by atoms with van der Waals surface area (Å²) in [6.45, 7) is 0.372. The van der Waals surface area contributed by atoms with Gasteiger partial charge in [-0.25, -0.2) is 0 Å². The van der Waals surface area contributed by atoms with E-state index >= 15 is 0 Å². The molecule has 0 bridgehead atoms. The lowest BCUT2D eigenvalue weighted by molar-refractivity contribution is 0.0784. The zero-order chi connectivity index (χ0) is 14.8. The number of aromatic amines is 1. The maximum atomic E-state index is 12.5. The predicted octanol–water partition coefficient (Wildman–Crippen LogP) is 3.15. The molecule has 0 fully saturated rings. The van der Waals surface area contributed by atoms with Crippen molar-refractivity contribution in [2.75, 3.05) is 7.05 Å². The summed E-state index contributed by atoms with van der Waals surface area (Å²) < 4.78 is 0. The molecule has 0 saturated carbocycles. The molecule has 1 heterocycles. The monoisotopic (exact) mass is 280 g/mol. The number of fused-ring (bicyclic) bond motifs is 1. The molecule has 1 aromatic heterocycles. The molecule has 0 atom stereocenters. The van der Waals surface area contributed by atoms with Gasteiger partial charge in [-0.1, -0.05) is 18.2 Å². The average molecular weight is 280 g/mol. The Kier molecular flexibility index (Phi) is 3.36. The number of nitrogens with one attached hydrogen (secondary N) is 1. The van der Waals surface area contributed by atoms with E-state index in [1.165, 1.54) is 0 Å². The van der Waals surface area contributed by atoms with Crippen LogP contribution >= 0.6 is 0 Å². The van der Waals surface area contributed by atoms with E-state index in [1.807, 2.05) is 42.6 Å². The lowest BCUT2D eigenvalue weighted by Crippen LogP contribution is -2.26. The number of hydrogen-bond acceptors (Lipinski definition) is 2. The summed E-state index contributed by atoms with van der Waals surface area (Å²) >= 11 is 0. The molecule has 3 rings (SSSR count). The van der Waals surface area contributed by atoms with E-state index in [2.05, 4.69) is 4.98 Å². The zero-order valence-electron chi connectivity index (χ0n) is 11.7. The summed E-state index contributed by atoms with van der Waals surface area (Å²) in [5.41, 5.74) is 2.38. The van der Waals surface area contributed by atoms with Gasteiger partial charge in [0.05, 0.1) is 0 Å². The number of amides is 1. The second-order valence-electron chi connectivity index (χ2n) is 5.07. The number of phenolic OH excluding ortho intramolecular Hbond substituents is 1. The largest absolute Gasteiger partial charge is 0.508 e. The lowest BCUT2D eigenvalue weighted by atomic mass is 10.1. The lowest BCUT2D eigenvalue weighted by Gasteiger charge is -2.18. The maximum absolute atomic E-state index is 12.5. The number of carbonyl (C=O) groups excluding carboxylic acids is 1. The van der Waals surface area contributed by atoms with Crippen LogP contribution in [0.2, 0.25) is 0 Å². The molecule has 1 amide bonds. The normalized spacial score (nSPS) is 10.7. The van der Waals surface area contributed by atoms with Crippen molar-refractivity contribution in [3.63, 3.8) is 0 Å². The molecule has 0 spiro atoms. The van der Waals surface area contributed by atoms with Crippen molar-refractivity contribution >= 4 is 16.8 Å². The number of hydrogen-bond donors (Lipinski definition) is 2. The highest BCUT2D eigenvalue weighted by atomic mass is 16.3. The first kappa shape index (κ1) is 13.2. The molecule has 2 aromatic carbocycles. The molecule has 0 unspecified atom stereocenters. The Bertz CT molecular complexity index is 792. The van der Waals surface area contributed by atoms with E-state index in [0.717, 1.165) is 16.5 Å². The van der Waals surface area contributed by atoms with Gasteiger partial charge in [0.25, 0.3) is 5.91 Å². The number of aromatic hydroxyl groups is 1. The number of phenols is 1. The first-order chi connectivity index (χ1) is 10.1. The Labute approximate surface area is 122 Å². The summed E-state index contributed by atoms with van der Waals surface area (Å²) in [4.78, 5) is 17.2. The number of aromatic nitrogens is 1. The van der Waals surface area contributed by atoms with Gasteiger partial charge >= 0.3 is 0 Å². The van der Waals surface area contributed by atoms with E-state index in [1.54, 1.807) is 24.1 Å². The van der Waals surface area contributed by atoms with Crippen molar-refractivity contribution in [3.05, 3.63) is 65.9 Å². The van der Waals surface area contributed by atoms with Crippen molar-refractivity contribution in [2.45, 2.75) is 6.54 Å². The number of rotatable bonds is 3. The second-order valence-corrected chi connectivity index (χ2v) is 5.07. The Morgan fingerprint density at radius 3 is 2.81 bits per heavy atom. The molecule has 2 N–H and O–H groups in total. The van der Waals surface area contributed by atoms with Crippen LogP contribution in [0, 0.1) is 0 Å². The van der Waals surface area contributed by atoms with E-state index in [9.17, 15) is 9.90 Å². The van der Waals surface area contributed by atoms with Crippen LogP contribution in [0.25, 0.3) is 10.9 Å². The number of carbonyl (C=O) groups is 1. The van der Waals surface area contributed by atoms with Crippen LogP contribution in [0.4, 0.5) is 0 Å². The van der Waals surface area contributed by atoms with Crippen LogP contribution in [-0.2, 0) is 6.54 Å². The Morgan fingerprint density at radius 2 is 2.00 bits per heavy atom. The van der Waals surface area contributed by atoms with Crippen LogP contribution in [0.5, 0.6) is 5.75 Å². The molecule has 21 heavy (non-hydrogen) atoms. The minimum absolute atomic E-state index is 0.0682. The Morgan fingerprint density at radius 1 is 1.19 bits per heavy atom. The third-order valence-corrected chi connectivity index (χ3v) is 3.55. The molecule has 0 aliphatic carbocycles. The fourth-order valence-corrected chi connectivity index (χ4v) is 2.38.